The molecule has 0 aliphatic carbocycles. The van der Waals surface area contributed by atoms with E-state index in [4.69, 9.17) is 14.4 Å². The highest BCUT2D eigenvalue weighted by Gasteiger charge is 2.14. The van der Waals surface area contributed by atoms with Crippen molar-refractivity contribution in [1.82, 2.24) is 0 Å². The molecule has 0 amide bonds. The van der Waals surface area contributed by atoms with Crippen molar-refractivity contribution in [3.05, 3.63) is 12.7 Å². The first kappa shape index (κ1) is 21.6. The number of carbonyl (C=O) groups excluding carboxylic acids is 1. The van der Waals surface area contributed by atoms with Gasteiger partial charge in [-0.3, -0.25) is 14.1 Å². The smallest absolute Gasteiger partial charge is 0.306 e. The van der Waals surface area contributed by atoms with E-state index in [2.05, 4.69) is 6.58 Å². The molecule has 0 saturated heterocycles. The number of rotatable bonds is 14. The third kappa shape index (κ3) is 15.3. The van der Waals surface area contributed by atoms with Crippen molar-refractivity contribution in [3.8, 4) is 0 Å². The molecule has 0 fully saturated rings. The summed E-state index contributed by atoms with van der Waals surface area (Å²) in [5.41, 5.74) is 0. The monoisotopic (exact) mass is 350 g/mol. The first-order valence-corrected chi connectivity index (χ1v) is 9.33. The largest absolute Gasteiger partial charge is 0.481 e. The molecule has 0 radical (unpaired) electrons. The first-order valence-electron chi connectivity index (χ1n) is 7.72. The Bertz CT molecular complexity index is 470. The van der Waals surface area contributed by atoms with Gasteiger partial charge in [0.25, 0.3) is 10.1 Å². The Morgan fingerprint density at radius 3 is 2.26 bits per heavy atom. The average molecular weight is 350 g/mol. The van der Waals surface area contributed by atoms with Gasteiger partial charge >= 0.3 is 11.9 Å². The standard InChI is InChI=1S/C15H26O7S/c1-2-8-13(22-15(18)11-10-14(16)17)9-6-4-3-5-7-12-23(19,20)21/h2,13H,1,3-12H2,(H,16,17)(H,19,20,21). The minimum Gasteiger partial charge on any atom is -0.481 e. The molecule has 1 unspecified atom stereocenters. The SMILES string of the molecule is C=CCC(CCCCCCCS(=O)(=O)O)OC(=O)CCC(=O)O. The van der Waals surface area contributed by atoms with E-state index in [1.807, 2.05) is 0 Å². The predicted octanol–water partition coefficient (Wildman–Crippen LogP) is 2.57. The maximum Gasteiger partial charge on any atom is 0.306 e. The second kappa shape index (κ2) is 12.1. The third-order valence-corrected chi connectivity index (χ3v) is 4.00. The van der Waals surface area contributed by atoms with E-state index in [1.54, 1.807) is 6.08 Å². The highest BCUT2D eigenvalue weighted by molar-refractivity contribution is 7.85. The Balaban J connectivity index is 3.85. The van der Waals surface area contributed by atoms with E-state index >= 15 is 0 Å². The zero-order chi connectivity index (χ0) is 17.7. The zero-order valence-corrected chi connectivity index (χ0v) is 14.1. The zero-order valence-electron chi connectivity index (χ0n) is 13.3. The normalized spacial score (nSPS) is 12.6. The summed E-state index contributed by atoms with van der Waals surface area (Å²) in [5.74, 6) is -1.77. The van der Waals surface area contributed by atoms with Gasteiger partial charge in [0.2, 0.25) is 0 Å². The molecular formula is C15H26O7S. The molecule has 134 valence electrons. The molecule has 0 aromatic rings. The van der Waals surface area contributed by atoms with E-state index in [-0.39, 0.29) is 24.7 Å². The summed E-state index contributed by atoms with van der Waals surface area (Å²) in [6.45, 7) is 3.61. The number of esters is 1. The second-order valence-corrected chi connectivity index (χ2v) is 6.94. The Labute approximate surface area is 137 Å². The van der Waals surface area contributed by atoms with Gasteiger partial charge in [0.05, 0.1) is 18.6 Å². The lowest BCUT2D eigenvalue weighted by atomic mass is 10.1. The molecule has 0 heterocycles. The fourth-order valence-corrected chi connectivity index (χ4v) is 2.62. The van der Waals surface area contributed by atoms with Crippen molar-refractivity contribution < 1.29 is 32.4 Å². The number of aliphatic carboxylic acids is 1. The van der Waals surface area contributed by atoms with Crippen LogP contribution in [0.2, 0.25) is 0 Å². The lowest BCUT2D eigenvalue weighted by Crippen LogP contribution is -2.18. The predicted molar refractivity (Wildman–Crippen MR) is 85.7 cm³/mol. The van der Waals surface area contributed by atoms with Crippen LogP contribution in [0, 0.1) is 0 Å². The van der Waals surface area contributed by atoms with Gasteiger partial charge in [-0.15, -0.1) is 6.58 Å². The molecule has 0 spiro atoms. The molecule has 0 bridgehead atoms. The molecule has 0 aliphatic rings. The highest BCUT2D eigenvalue weighted by Crippen LogP contribution is 2.14. The number of carbonyl (C=O) groups is 2. The van der Waals surface area contributed by atoms with Crippen LogP contribution in [-0.4, -0.2) is 41.9 Å². The lowest BCUT2D eigenvalue weighted by molar-refractivity contribution is -0.152. The summed E-state index contributed by atoms with van der Waals surface area (Å²) in [6.07, 6.45) is 5.80. The van der Waals surface area contributed by atoms with E-state index in [0.717, 1.165) is 19.3 Å². The van der Waals surface area contributed by atoms with Gasteiger partial charge in [0.15, 0.2) is 0 Å². The molecule has 0 rings (SSSR count). The number of ether oxygens (including phenoxy) is 1. The maximum absolute atomic E-state index is 11.5. The molecule has 0 aromatic heterocycles. The van der Waals surface area contributed by atoms with E-state index in [1.165, 1.54) is 0 Å². The van der Waals surface area contributed by atoms with E-state index in [0.29, 0.717) is 25.7 Å². The van der Waals surface area contributed by atoms with Gasteiger partial charge in [-0.2, -0.15) is 8.42 Å². The fraction of sp³-hybridized carbons (Fsp3) is 0.733. The molecule has 23 heavy (non-hydrogen) atoms. The van der Waals surface area contributed by atoms with Crippen LogP contribution in [-0.2, 0) is 24.4 Å². The second-order valence-electron chi connectivity index (χ2n) is 5.37. The van der Waals surface area contributed by atoms with Gasteiger partial charge in [0.1, 0.15) is 6.10 Å². The summed E-state index contributed by atoms with van der Waals surface area (Å²) in [6, 6.07) is 0. The van der Waals surface area contributed by atoms with Gasteiger partial charge in [-0.05, 0) is 19.3 Å². The molecule has 2 N–H and O–H groups in total. The quantitative estimate of drug-likeness (QED) is 0.214. The van der Waals surface area contributed by atoms with Gasteiger partial charge in [0, 0.05) is 6.42 Å². The summed E-state index contributed by atoms with van der Waals surface area (Å²) < 4.78 is 34.9. The minimum atomic E-state index is -3.87. The maximum atomic E-state index is 11.5. The van der Waals surface area contributed by atoms with E-state index < -0.39 is 22.1 Å². The van der Waals surface area contributed by atoms with Crippen molar-refractivity contribution >= 4 is 22.1 Å². The Morgan fingerprint density at radius 1 is 1.09 bits per heavy atom. The number of unbranched alkanes of at least 4 members (excludes halogenated alkanes) is 4. The first-order chi connectivity index (χ1) is 10.7. The average Bonchev–Trinajstić information content (AvgIpc) is 2.43. The fourth-order valence-electron chi connectivity index (χ4n) is 2.05. The Kier molecular flexibility index (Phi) is 11.3. The molecule has 0 aliphatic heterocycles. The molecular weight excluding hydrogens is 324 g/mol. The number of carboxylic acids is 1. The van der Waals surface area contributed by atoms with Gasteiger partial charge in [-0.1, -0.05) is 25.3 Å². The summed E-state index contributed by atoms with van der Waals surface area (Å²) >= 11 is 0. The minimum absolute atomic E-state index is 0.140. The number of hydrogen-bond acceptors (Lipinski definition) is 5. The summed E-state index contributed by atoms with van der Waals surface area (Å²) in [4.78, 5) is 21.9. The number of carboxylic acid groups (broad SMARTS) is 1. The number of hydrogen-bond donors (Lipinski definition) is 2. The highest BCUT2D eigenvalue weighted by atomic mass is 32.2. The van der Waals surface area contributed by atoms with Crippen molar-refractivity contribution in [2.24, 2.45) is 0 Å². The third-order valence-electron chi connectivity index (χ3n) is 3.20. The van der Waals surface area contributed by atoms with Crippen LogP contribution in [0.25, 0.3) is 0 Å². The molecule has 1 atom stereocenters. The van der Waals surface area contributed by atoms with Crippen LogP contribution in [0.3, 0.4) is 0 Å². The lowest BCUT2D eigenvalue weighted by Gasteiger charge is -2.16. The van der Waals surface area contributed by atoms with Crippen LogP contribution < -0.4 is 0 Å². The molecule has 0 aromatic carbocycles. The summed E-state index contributed by atoms with van der Waals surface area (Å²) in [5, 5.41) is 8.52. The van der Waals surface area contributed by atoms with Crippen LogP contribution in [0.4, 0.5) is 0 Å². The van der Waals surface area contributed by atoms with Crippen LogP contribution in [0.1, 0.15) is 57.8 Å². The van der Waals surface area contributed by atoms with Crippen LogP contribution in [0.15, 0.2) is 12.7 Å². The van der Waals surface area contributed by atoms with E-state index in [9.17, 15) is 18.0 Å². The van der Waals surface area contributed by atoms with Crippen molar-refractivity contribution in [3.63, 3.8) is 0 Å². The van der Waals surface area contributed by atoms with Crippen molar-refractivity contribution in [2.45, 2.75) is 63.9 Å². The topological polar surface area (TPSA) is 118 Å². The van der Waals surface area contributed by atoms with Crippen LogP contribution in [0.5, 0.6) is 0 Å². The van der Waals surface area contributed by atoms with Crippen molar-refractivity contribution in [2.75, 3.05) is 5.75 Å². The molecule has 7 nitrogen and oxygen atoms in total. The van der Waals surface area contributed by atoms with Gasteiger partial charge in [-0.25, -0.2) is 0 Å². The molecule has 8 heteroatoms. The summed E-state index contributed by atoms with van der Waals surface area (Å²) in [7, 11) is -3.87. The van der Waals surface area contributed by atoms with Gasteiger partial charge < -0.3 is 9.84 Å². The Morgan fingerprint density at radius 2 is 1.70 bits per heavy atom. The Hall–Kier alpha value is -1.41. The van der Waals surface area contributed by atoms with Crippen molar-refractivity contribution in [1.29, 1.82) is 0 Å². The van der Waals surface area contributed by atoms with Crippen LogP contribution >= 0.6 is 0 Å². The molecule has 0 saturated carbocycles.